The van der Waals surface area contributed by atoms with Crippen molar-refractivity contribution < 1.29 is 4.79 Å². The first-order valence-corrected chi connectivity index (χ1v) is 5.03. The molecule has 0 aliphatic heterocycles. The third-order valence-electron chi connectivity index (χ3n) is 2.24. The number of carbonyl (C=O) groups is 1. The Labute approximate surface area is 102 Å². The molecule has 0 aromatic carbocycles. The van der Waals surface area contributed by atoms with Crippen molar-refractivity contribution in [1.29, 1.82) is 0 Å². The molecule has 0 aliphatic rings. The van der Waals surface area contributed by atoms with E-state index < -0.39 is 6.04 Å². The highest BCUT2D eigenvalue weighted by atomic mass is 35.5. The van der Waals surface area contributed by atoms with Gasteiger partial charge in [-0.15, -0.1) is 12.4 Å². The Bertz CT molecular complexity index is 316. The average Bonchev–Trinajstić information content (AvgIpc) is 2.26. The maximum absolute atomic E-state index is 11.5. The van der Waals surface area contributed by atoms with Gasteiger partial charge in [-0.25, -0.2) is 0 Å². The van der Waals surface area contributed by atoms with Crippen molar-refractivity contribution in [2.24, 2.45) is 11.7 Å². The normalized spacial score (nSPS) is 11.8. The van der Waals surface area contributed by atoms with Gasteiger partial charge in [0.05, 0.1) is 6.04 Å². The van der Waals surface area contributed by atoms with Crippen molar-refractivity contribution in [1.82, 2.24) is 10.3 Å². The van der Waals surface area contributed by atoms with Crippen LogP contribution in [-0.2, 0) is 11.3 Å². The molecule has 1 amide bonds. The Hall–Kier alpha value is -1.13. The zero-order valence-electron chi connectivity index (χ0n) is 9.51. The lowest BCUT2D eigenvalue weighted by molar-refractivity contribution is -0.123. The fraction of sp³-hybridized carbons (Fsp3) is 0.455. The minimum absolute atomic E-state index is 0. The van der Waals surface area contributed by atoms with E-state index in [9.17, 15) is 4.79 Å². The minimum atomic E-state index is -0.438. The van der Waals surface area contributed by atoms with Crippen molar-refractivity contribution in [3.05, 3.63) is 30.1 Å². The smallest absolute Gasteiger partial charge is 0.237 e. The first kappa shape index (κ1) is 14.9. The molecule has 0 radical (unpaired) electrons. The van der Waals surface area contributed by atoms with Gasteiger partial charge in [0.25, 0.3) is 0 Å². The summed E-state index contributed by atoms with van der Waals surface area (Å²) in [4.78, 5) is 15.4. The highest BCUT2D eigenvalue weighted by Gasteiger charge is 2.16. The summed E-state index contributed by atoms with van der Waals surface area (Å²) < 4.78 is 0. The van der Waals surface area contributed by atoms with Crippen LogP contribution >= 0.6 is 12.4 Å². The number of rotatable bonds is 4. The SMILES string of the molecule is CC(C)C(N)C(=O)NCc1ccncc1.Cl. The van der Waals surface area contributed by atoms with Gasteiger partial charge in [-0.05, 0) is 23.6 Å². The molecule has 4 nitrogen and oxygen atoms in total. The summed E-state index contributed by atoms with van der Waals surface area (Å²) in [5.74, 6) is 0.0456. The van der Waals surface area contributed by atoms with E-state index in [1.807, 2.05) is 26.0 Å². The number of amides is 1. The summed E-state index contributed by atoms with van der Waals surface area (Å²) in [6.07, 6.45) is 3.40. The molecule has 1 rings (SSSR count). The Morgan fingerprint density at radius 3 is 2.50 bits per heavy atom. The van der Waals surface area contributed by atoms with Crippen LogP contribution in [0.4, 0.5) is 0 Å². The molecule has 90 valence electrons. The summed E-state index contributed by atoms with van der Waals surface area (Å²) in [5.41, 5.74) is 6.72. The molecule has 0 spiro atoms. The van der Waals surface area contributed by atoms with Gasteiger partial charge in [0.1, 0.15) is 0 Å². The number of nitrogens with two attached hydrogens (primary N) is 1. The van der Waals surface area contributed by atoms with Crippen LogP contribution < -0.4 is 11.1 Å². The van der Waals surface area contributed by atoms with Gasteiger partial charge in [0, 0.05) is 18.9 Å². The molecule has 0 saturated carbocycles. The van der Waals surface area contributed by atoms with Gasteiger partial charge >= 0.3 is 0 Å². The number of hydrogen-bond donors (Lipinski definition) is 2. The molecule has 1 heterocycles. The van der Waals surface area contributed by atoms with E-state index in [0.29, 0.717) is 6.54 Å². The van der Waals surface area contributed by atoms with Crippen molar-refractivity contribution in [2.75, 3.05) is 0 Å². The number of aromatic nitrogens is 1. The molecule has 0 saturated heterocycles. The standard InChI is InChI=1S/C11H17N3O.ClH/c1-8(2)10(12)11(15)14-7-9-3-5-13-6-4-9;/h3-6,8,10H,7,12H2,1-2H3,(H,14,15);1H. The predicted octanol–water partition coefficient (Wildman–Crippen LogP) is 1.10. The van der Waals surface area contributed by atoms with Crippen LogP contribution in [0.15, 0.2) is 24.5 Å². The van der Waals surface area contributed by atoms with E-state index in [1.165, 1.54) is 0 Å². The van der Waals surface area contributed by atoms with Crippen molar-refractivity contribution in [2.45, 2.75) is 26.4 Å². The van der Waals surface area contributed by atoms with E-state index in [1.54, 1.807) is 12.4 Å². The topological polar surface area (TPSA) is 68.0 Å². The number of halogens is 1. The molecule has 0 bridgehead atoms. The van der Waals surface area contributed by atoms with Crippen LogP contribution in [-0.4, -0.2) is 16.9 Å². The second-order valence-corrected chi connectivity index (χ2v) is 3.84. The van der Waals surface area contributed by atoms with Crippen LogP contribution in [0.5, 0.6) is 0 Å². The van der Waals surface area contributed by atoms with Gasteiger partial charge in [-0.1, -0.05) is 13.8 Å². The van der Waals surface area contributed by atoms with Gasteiger partial charge in [-0.3, -0.25) is 9.78 Å². The summed E-state index contributed by atoms with van der Waals surface area (Å²) in [6.45, 7) is 4.36. The molecule has 0 aliphatic carbocycles. The van der Waals surface area contributed by atoms with Crippen molar-refractivity contribution in [3.63, 3.8) is 0 Å². The zero-order valence-corrected chi connectivity index (χ0v) is 10.3. The molecule has 3 N–H and O–H groups in total. The second kappa shape index (κ2) is 7.19. The van der Waals surface area contributed by atoms with Gasteiger partial charge in [-0.2, -0.15) is 0 Å². The Balaban J connectivity index is 0.00000225. The maximum atomic E-state index is 11.5. The average molecular weight is 244 g/mol. The fourth-order valence-corrected chi connectivity index (χ4v) is 1.11. The number of nitrogens with zero attached hydrogens (tertiary/aromatic N) is 1. The first-order chi connectivity index (χ1) is 7.11. The molecule has 5 heteroatoms. The van der Waals surface area contributed by atoms with E-state index in [2.05, 4.69) is 10.3 Å². The van der Waals surface area contributed by atoms with E-state index in [0.717, 1.165) is 5.56 Å². The highest BCUT2D eigenvalue weighted by molar-refractivity contribution is 5.85. The second-order valence-electron chi connectivity index (χ2n) is 3.84. The summed E-state index contributed by atoms with van der Waals surface area (Å²) >= 11 is 0. The molecule has 1 aromatic heterocycles. The monoisotopic (exact) mass is 243 g/mol. The van der Waals surface area contributed by atoms with Crippen molar-refractivity contribution in [3.8, 4) is 0 Å². The quantitative estimate of drug-likeness (QED) is 0.832. The summed E-state index contributed by atoms with van der Waals surface area (Å²) in [5, 5.41) is 2.79. The van der Waals surface area contributed by atoms with E-state index in [-0.39, 0.29) is 24.2 Å². The van der Waals surface area contributed by atoms with E-state index >= 15 is 0 Å². The van der Waals surface area contributed by atoms with Gasteiger partial charge < -0.3 is 11.1 Å². The largest absolute Gasteiger partial charge is 0.351 e. The molecule has 1 aromatic rings. The van der Waals surface area contributed by atoms with Gasteiger partial charge in [0.2, 0.25) is 5.91 Å². The van der Waals surface area contributed by atoms with Crippen molar-refractivity contribution >= 4 is 18.3 Å². The minimum Gasteiger partial charge on any atom is -0.351 e. The molecule has 1 unspecified atom stereocenters. The number of carbonyl (C=O) groups excluding carboxylic acids is 1. The highest BCUT2D eigenvalue weighted by Crippen LogP contribution is 1.99. The van der Waals surface area contributed by atoms with Crippen LogP contribution in [0.25, 0.3) is 0 Å². The molecule has 1 atom stereocenters. The van der Waals surface area contributed by atoms with Crippen LogP contribution in [0.2, 0.25) is 0 Å². The van der Waals surface area contributed by atoms with Crippen LogP contribution in [0, 0.1) is 5.92 Å². The lowest BCUT2D eigenvalue weighted by Crippen LogP contribution is -2.43. The molecular formula is C11H18ClN3O. The molecule has 0 fully saturated rings. The van der Waals surface area contributed by atoms with Crippen LogP contribution in [0.1, 0.15) is 19.4 Å². The number of pyridine rings is 1. The molecule has 16 heavy (non-hydrogen) atoms. The summed E-state index contributed by atoms with van der Waals surface area (Å²) in [6, 6.07) is 3.29. The molecular weight excluding hydrogens is 226 g/mol. The van der Waals surface area contributed by atoms with Gasteiger partial charge in [0.15, 0.2) is 0 Å². The number of nitrogens with one attached hydrogen (secondary N) is 1. The first-order valence-electron chi connectivity index (χ1n) is 5.03. The lowest BCUT2D eigenvalue weighted by atomic mass is 10.1. The predicted molar refractivity (Wildman–Crippen MR) is 66.1 cm³/mol. The van der Waals surface area contributed by atoms with E-state index in [4.69, 9.17) is 5.73 Å². The summed E-state index contributed by atoms with van der Waals surface area (Å²) in [7, 11) is 0. The maximum Gasteiger partial charge on any atom is 0.237 e. The number of hydrogen-bond acceptors (Lipinski definition) is 3. The Kier molecular flexibility index (Phi) is 6.69. The fourth-order valence-electron chi connectivity index (χ4n) is 1.11. The third kappa shape index (κ3) is 4.59. The van der Waals surface area contributed by atoms with Crippen LogP contribution in [0.3, 0.4) is 0 Å². The Morgan fingerprint density at radius 1 is 1.44 bits per heavy atom. The lowest BCUT2D eigenvalue weighted by Gasteiger charge is -2.15. The zero-order chi connectivity index (χ0) is 11.3. The Morgan fingerprint density at radius 2 is 2.00 bits per heavy atom. The third-order valence-corrected chi connectivity index (χ3v) is 2.24.